The van der Waals surface area contributed by atoms with Crippen molar-refractivity contribution in [2.45, 2.75) is 68.4 Å². The van der Waals surface area contributed by atoms with Crippen LogP contribution < -0.4 is 5.32 Å². The summed E-state index contributed by atoms with van der Waals surface area (Å²) in [6.45, 7) is 2.17. The van der Waals surface area contributed by atoms with Crippen LogP contribution in [-0.4, -0.2) is 64.4 Å². The summed E-state index contributed by atoms with van der Waals surface area (Å²) in [6, 6.07) is 19.1. The Morgan fingerprint density at radius 1 is 1.00 bits per heavy atom. The Bertz CT molecular complexity index is 1580. The van der Waals surface area contributed by atoms with Gasteiger partial charge < -0.3 is 15.5 Å². The molecule has 0 radical (unpaired) electrons. The summed E-state index contributed by atoms with van der Waals surface area (Å²) in [5.41, 5.74) is 3.58. The monoisotopic (exact) mass is 578 g/mol. The van der Waals surface area contributed by atoms with Crippen molar-refractivity contribution in [3.8, 4) is 16.9 Å². The second kappa shape index (κ2) is 10.7. The smallest absolute Gasteiger partial charge is 0.255 e. The van der Waals surface area contributed by atoms with Crippen LogP contribution in [0.15, 0.2) is 60.7 Å². The first-order valence-corrected chi connectivity index (χ1v) is 15.6. The Hall–Kier alpha value is -3.81. The van der Waals surface area contributed by atoms with Gasteiger partial charge >= 0.3 is 0 Å². The molecule has 3 unspecified atom stereocenters. The quantitative estimate of drug-likeness (QED) is 0.337. The van der Waals surface area contributed by atoms with Gasteiger partial charge in [-0.15, -0.1) is 0 Å². The van der Waals surface area contributed by atoms with E-state index in [4.69, 9.17) is 0 Å². The Balaban J connectivity index is 1.08. The molecule has 3 N–H and O–H groups in total. The highest BCUT2D eigenvalue weighted by Crippen LogP contribution is 2.60. The van der Waals surface area contributed by atoms with Crippen molar-refractivity contribution in [3.63, 3.8) is 0 Å². The topological polar surface area (TPSA) is 107 Å². The van der Waals surface area contributed by atoms with Gasteiger partial charge in [0, 0.05) is 48.5 Å². The van der Waals surface area contributed by atoms with Gasteiger partial charge in [0.1, 0.15) is 17.8 Å². The van der Waals surface area contributed by atoms with E-state index in [1.54, 1.807) is 18.2 Å². The van der Waals surface area contributed by atoms with Gasteiger partial charge in [0.2, 0.25) is 0 Å². The first kappa shape index (κ1) is 28.0. The molecule has 7 heteroatoms. The third-order valence-electron chi connectivity index (χ3n) is 10.6. The number of carbonyl (C=O) groups excluding carboxylic acids is 3. The lowest BCUT2D eigenvalue weighted by atomic mass is 9.49. The maximum atomic E-state index is 13.4. The number of aromatic hydroxyl groups is 1. The number of ketones is 1. The van der Waals surface area contributed by atoms with Crippen molar-refractivity contribution in [2.24, 2.45) is 5.92 Å². The number of hydrogen-bond donors (Lipinski definition) is 3. The van der Waals surface area contributed by atoms with E-state index < -0.39 is 11.0 Å². The minimum Gasteiger partial charge on any atom is -0.507 e. The van der Waals surface area contributed by atoms with Crippen LogP contribution in [0.4, 0.5) is 0 Å². The molecule has 1 aliphatic heterocycles. The molecular formula is C36H38N2O5. The summed E-state index contributed by atoms with van der Waals surface area (Å²) in [6.07, 6.45) is 6.11. The van der Waals surface area contributed by atoms with Crippen LogP contribution in [0.2, 0.25) is 0 Å². The Kier molecular flexibility index (Phi) is 6.98. The number of piperidine rings is 1. The van der Waals surface area contributed by atoms with Crippen molar-refractivity contribution in [1.82, 2.24) is 10.2 Å². The molecule has 2 saturated carbocycles. The van der Waals surface area contributed by atoms with Crippen molar-refractivity contribution < 1.29 is 24.6 Å². The number of aliphatic hydroxyl groups is 1. The van der Waals surface area contributed by atoms with E-state index in [1.165, 1.54) is 12.8 Å². The molecule has 1 saturated heterocycles. The lowest BCUT2D eigenvalue weighted by Gasteiger charge is -2.63. The highest BCUT2D eigenvalue weighted by atomic mass is 16.3. The molecule has 1 amide bonds. The zero-order valence-corrected chi connectivity index (χ0v) is 24.4. The average Bonchev–Trinajstić information content (AvgIpc) is 3.83. The van der Waals surface area contributed by atoms with Gasteiger partial charge in [0.15, 0.2) is 0 Å². The molecular weight excluding hydrogens is 540 g/mol. The minimum absolute atomic E-state index is 0.0800. The number of aldehydes is 1. The molecule has 1 heterocycles. The van der Waals surface area contributed by atoms with Crippen molar-refractivity contribution in [3.05, 3.63) is 88.5 Å². The molecule has 222 valence electrons. The van der Waals surface area contributed by atoms with E-state index in [1.807, 2.05) is 42.5 Å². The summed E-state index contributed by atoms with van der Waals surface area (Å²) in [5, 5.41) is 27.0. The Morgan fingerprint density at radius 2 is 1.72 bits per heavy atom. The van der Waals surface area contributed by atoms with E-state index >= 15 is 0 Å². The number of nitrogens with zero attached hydrogens (tertiary/aromatic N) is 1. The van der Waals surface area contributed by atoms with Crippen molar-refractivity contribution in [1.29, 1.82) is 0 Å². The lowest BCUT2D eigenvalue weighted by molar-refractivity contribution is -0.173. The fourth-order valence-electron chi connectivity index (χ4n) is 8.07. The number of Topliss-reactive ketones (excluding diaryl/α,β-unsaturated/α-hetero) is 1. The van der Waals surface area contributed by atoms with Gasteiger partial charge in [0.05, 0.1) is 11.2 Å². The SMILES string of the molecule is O=Cc1ccc(-c2ccc(CCNC(=O)c3ccc4c(c3O)C35CCN(CC6CC6)C(C4)C3(O)CCC(=O)C5)cc2)cc1. The van der Waals surface area contributed by atoms with Gasteiger partial charge in [-0.1, -0.05) is 54.6 Å². The van der Waals surface area contributed by atoms with Crippen LogP contribution >= 0.6 is 0 Å². The lowest BCUT2D eigenvalue weighted by Crippen LogP contribution is -2.73. The molecule has 4 aliphatic rings. The second-order valence-corrected chi connectivity index (χ2v) is 13.1. The van der Waals surface area contributed by atoms with Gasteiger partial charge in [-0.25, -0.2) is 0 Å². The maximum absolute atomic E-state index is 13.4. The third kappa shape index (κ3) is 4.79. The number of fused-ring (bicyclic) bond motifs is 1. The summed E-state index contributed by atoms with van der Waals surface area (Å²) in [5.74, 6) is 0.372. The number of hydrogen-bond acceptors (Lipinski definition) is 6. The minimum atomic E-state index is -1.10. The number of nitrogens with one attached hydrogen (secondary N) is 1. The maximum Gasteiger partial charge on any atom is 0.255 e. The first-order chi connectivity index (χ1) is 20.8. The molecule has 3 atom stereocenters. The molecule has 43 heavy (non-hydrogen) atoms. The number of rotatable bonds is 8. The standard InChI is InChI=1S/C36H38N2O5/c39-22-25-5-9-27(10-6-25)26-7-3-23(4-8-26)14-17-37-34(42)30-12-11-28-19-31-36(43)15-13-29(40)20-35(36,32(28)33(30)41)16-18-38(31)21-24-1-2-24/h3-12,22,24,31,41,43H,1-2,13-21H2,(H,37,42). The van der Waals surface area contributed by atoms with E-state index in [9.17, 15) is 24.6 Å². The summed E-state index contributed by atoms with van der Waals surface area (Å²) in [7, 11) is 0. The zero-order chi connectivity index (χ0) is 29.8. The molecule has 3 aromatic rings. The Labute approximate surface area is 251 Å². The van der Waals surface area contributed by atoms with Gasteiger partial charge in [-0.3, -0.25) is 19.3 Å². The summed E-state index contributed by atoms with van der Waals surface area (Å²) >= 11 is 0. The molecule has 3 fully saturated rings. The van der Waals surface area contributed by atoms with E-state index in [0.717, 1.165) is 41.6 Å². The molecule has 7 nitrogen and oxygen atoms in total. The van der Waals surface area contributed by atoms with Gasteiger partial charge in [0.25, 0.3) is 5.91 Å². The predicted molar refractivity (Wildman–Crippen MR) is 163 cm³/mol. The molecule has 2 bridgehead atoms. The number of phenolic OH excluding ortho intramolecular Hbond substituents is 1. The number of carbonyl (C=O) groups is 3. The van der Waals surface area contributed by atoms with E-state index in [2.05, 4.69) is 10.2 Å². The van der Waals surface area contributed by atoms with Crippen LogP contribution in [0, 0.1) is 5.92 Å². The molecule has 3 aromatic carbocycles. The van der Waals surface area contributed by atoms with Crippen molar-refractivity contribution in [2.75, 3.05) is 19.6 Å². The van der Waals surface area contributed by atoms with E-state index in [0.29, 0.717) is 55.7 Å². The molecule has 0 spiro atoms. The van der Waals surface area contributed by atoms with Crippen LogP contribution in [0.3, 0.4) is 0 Å². The molecule has 7 rings (SSSR count). The fourth-order valence-corrected chi connectivity index (χ4v) is 8.07. The highest BCUT2D eigenvalue weighted by Gasteiger charge is 2.65. The van der Waals surface area contributed by atoms with Crippen LogP contribution in [-0.2, 0) is 23.1 Å². The number of amides is 1. The summed E-state index contributed by atoms with van der Waals surface area (Å²) in [4.78, 5) is 39.6. The number of phenols is 1. The summed E-state index contributed by atoms with van der Waals surface area (Å²) < 4.78 is 0. The second-order valence-electron chi connectivity index (χ2n) is 13.1. The van der Waals surface area contributed by atoms with Crippen LogP contribution in [0.25, 0.3) is 11.1 Å². The molecule has 3 aliphatic carbocycles. The first-order valence-electron chi connectivity index (χ1n) is 15.6. The largest absolute Gasteiger partial charge is 0.507 e. The van der Waals surface area contributed by atoms with Crippen LogP contribution in [0.1, 0.15) is 75.9 Å². The predicted octanol–water partition coefficient (Wildman–Crippen LogP) is 4.61. The van der Waals surface area contributed by atoms with Gasteiger partial charge in [-0.05, 0) is 79.3 Å². The number of benzene rings is 3. The zero-order valence-electron chi connectivity index (χ0n) is 24.4. The normalized spacial score (nSPS) is 26.3. The Morgan fingerprint density at radius 3 is 2.42 bits per heavy atom. The molecule has 0 aromatic heterocycles. The highest BCUT2D eigenvalue weighted by molar-refractivity contribution is 5.98. The van der Waals surface area contributed by atoms with E-state index in [-0.39, 0.29) is 35.5 Å². The van der Waals surface area contributed by atoms with Gasteiger partial charge in [-0.2, -0.15) is 0 Å². The third-order valence-corrected chi connectivity index (χ3v) is 10.6. The van der Waals surface area contributed by atoms with Crippen molar-refractivity contribution >= 4 is 18.0 Å². The van der Waals surface area contributed by atoms with Crippen LogP contribution in [0.5, 0.6) is 5.75 Å². The number of likely N-dealkylation sites (tertiary alicyclic amines) is 1. The average molecular weight is 579 g/mol. The fraction of sp³-hybridized carbons (Fsp3) is 0.417.